The van der Waals surface area contributed by atoms with Crippen molar-refractivity contribution < 1.29 is 0 Å². The van der Waals surface area contributed by atoms with Gasteiger partial charge in [-0.2, -0.15) is 0 Å². The lowest BCUT2D eigenvalue weighted by molar-refractivity contribution is 0.396. The molecule has 2 aromatic heterocycles. The maximum absolute atomic E-state index is 4.27. The molecule has 2 rings (SSSR count). The molecular formula is C11H18N6. The molecule has 0 bridgehead atoms. The fourth-order valence-corrected chi connectivity index (χ4v) is 1.64. The summed E-state index contributed by atoms with van der Waals surface area (Å²) in [6.45, 7) is 2.03. The second kappa shape index (κ2) is 5.58. The van der Waals surface area contributed by atoms with Crippen molar-refractivity contribution in [1.82, 2.24) is 24.5 Å². The van der Waals surface area contributed by atoms with Gasteiger partial charge < -0.3 is 10.2 Å². The van der Waals surface area contributed by atoms with Gasteiger partial charge in [-0.25, -0.2) is 4.98 Å². The Morgan fingerprint density at radius 3 is 3.06 bits per heavy atom. The maximum atomic E-state index is 4.27. The van der Waals surface area contributed by atoms with Crippen molar-refractivity contribution in [2.24, 2.45) is 0 Å². The molecular weight excluding hydrogens is 216 g/mol. The van der Waals surface area contributed by atoms with Crippen LogP contribution in [0.2, 0.25) is 0 Å². The minimum Gasteiger partial charge on any atom is -0.367 e. The van der Waals surface area contributed by atoms with E-state index in [0.717, 1.165) is 31.0 Å². The molecule has 17 heavy (non-hydrogen) atoms. The van der Waals surface area contributed by atoms with E-state index in [-0.39, 0.29) is 0 Å². The lowest BCUT2D eigenvalue weighted by atomic mass is 10.3. The van der Waals surface area contributed by atoms with Crippen LogP contribution in [0.4, 0.5) is 5.82 Å². The van der Waals surface area contributed by atoms with E-state index in [1.807, 2.05) is 10.6 Å². The van der Waals surface area contributed by atoms with E-state index in [1.54, 1.807) is 12.5 Å². The van der Waals surface area contributed by atoms with E-state index < -0.39 is 0 Å². The molecule has 0 amide bonds. The first kappa shape index (κ1) is 11.8. The summed E-state index contributed by atoms with van der Waals surface area (Å²) in [7, 11) is 4.18. The number of hydrogen-bond acceptors (Lipinski definition) is 5. The second-order valence-corrected chi connectivity index (χ2v) is 4.27. The molecule has 0 aliphatic heterocycles. The molecule has 0 aromatic carbocycles. The van der Waals surface area contributed by atoms with Gasteiger partial charge in [0.1, 0.15) is 6.33 Å². The number of aromatic nitrogens is 4. The Kier molecular flexibility index (Phi) is 3.87. The fraction of sp³-hybridized carbons (Fsp3) is 0.545. The second-order valence-electron chi connectivity index (χ2n) is 4.27. The summed E-state index contributed by atoms with van der Waals surface area (Å²) in [6, 6.07) is 0. The van der Waals surface area contributed by atoms with Crippen LogP contribution in [-0.2, 0) is 0 Å². The van der Waals surface area contributed by atoms with E-state index in [4.69, 9.17) is 0 Å². The third-order valence-corrected chi connectivity index (χ3v) is 2.54. The van der Waals surface area contributed by atoms with Crippen LogP contribution in [0.1, 0.15) is 12.8 Å². The molecule has 0 saturated carbocycles. The topological polar surface area (TPSA) is 58.4 Å². The summed E-state index contributed by atoms with van der Waals surface area (Å²) in [6.07, 6.45) is 7.56. The number of anilines is 1. The molecule has 2 aromatic rings. The molecule has 92 valence electrons. The van der Waals surface area contributed by atoms with Crippen LogP contribution in [-0.4, -0.2) is 51.7 Å². The molecule has 0 aliphatic carbocycles. The van der Waals surface area contributed by atoms with Gasteiger partial charge in [-0.05, 0) is 33.5 Å². The molecule has 6 nitrogen and oxygen atoms in total. The van der Waals surface area contributed by atoms with Crippen LogP contribution in [0, 0.1) is 0 Å². The molecule has 1 N–H and O–H groups in total. The van der Waals surface area contributed by atoms with Gasteiger partial charge in [0.05, 0.1) is 0 Å². The Bertz CT molecular complexity index is 464. The number of rotatable bonds is 6. The van der Waals surface area contributed by atoms with Crippen LogP contribution in [0.5, 0.6) is 0 Å². The monoisotopic (exact) mass is 234 g/mol. The van der Waals surface area contributed by atoms with Gasteiger partial charge in [0.15, 0.2) is 5.82 Å². The van der Waals surface area contributed by atoms with Crippen LogP contribution in [0.3, 0.4) is 0 Å². The van der Waals surface area contributed by atoms with E-state index in [9.17, 15) is 0 Å². The number of nitrogens with zero attached hydrogens (tertiary/aromatic N) is 5. The molecule has 0 fully saturated rings. The van der Waals surface area contributed by atoms with Crippen molar-refractivity contribution in [2.45, 2.75) is 12.8 Å². The SMILES string of the molecule is CN(C)CCCCNc1nccn2cnnc12. The highest BCUT2D eigenvalue weighted by Gasteiger charge is 2.03. The predicted molar refractivity (Wildman–Crippen MR) is 67.1 cm³/mol. The van der Waals surface area contributed by atoms with Crippen molar-refractivity contribution in [1.29, 1.82) is 0 Å². The Labute approximate surface area is 101 Å². The molecule has 0 unspecified atom stereocenters. The Hall–Kier alpha value is -1.69. The summed E-state index contributed by atoms with van der Waals surface area (Å²) < 4.78 is 1.86. The zero-order chi connectivity index (χ0) is 12.1. The van der Waals surface area contributed by atoms with Crippen molar-refractivity contribution in [3.8, 4) is 0 Å². The summed E-state index contributed by atoms with van der Waals surface area (Å²) >= 11 is 0. The van der Waals surface area contributed by atoms with Crippen molar-refractivity contribution in [3.63, 3.8) is 0 Å². The van der Waals surface area contributed by atoms with E-state index in [1.165, 1.54) is 6.42 Å². The first-order chi connectivity index (χ1) is 8.27. The molecule has 0 atom stereocenters. The Morgan fingerprint density at radius 1 is 1.35 bits per heavy atom. The van der Waals surface area contributed by atoms with Crippen LogP contribution < -0.4 is 5.32 Å². The molecule has 0 radical (unpaired) electrons. The van der Waals surface area contributed by atoms with Crippen LogP contribution in [0.25, 0.3) is 5.65 Å². The highest BCUT2D eigenvalue weighted by atomic mass is 15.2. The lowest BCUT2D eigenvalue weighted by Gasteiger charge is -2.09. The van der Waals surface area contributed by atoms with Gasteiger partial charge in [-0.3, -0.25) is 4.40 Å². The highest BCUT2D eigenvalue weighted by molar-refractivity contribution is 5.61. The van der Waals surface area contributed by atoms with Crippen molar-refractivity contribution in [2.75, 3.05) is 32.5 Å². The van der Waals surface area contributed by atoms with E-state index >= 15 is 0 Å². The number of unbranched alkanes of at least 4 members (excludes halogenated alkanes) is 1. The Morgan fingerprint density at radius 2 is 2.24 bits per heavy atom. The summed E-state index contributed by atoms with van der Waals surface area (Å²) in [5.74, 6) is 0.801. The summed E-state index contributed by atoms with van der Waals surface area (Å²) in [5, 5.41) is 11.2. The summed E-state index contributed by atoms with van der Waals surface area (Å²) in [5.41, 5.74) is 0.778. The number of nitrogens with one attached hydrogen (secondary N) is 1. The van der Waals surface area contributed by atoms with Gasteiger partial charge in [0.25, 0.3) is 0 Å². The van der Waals surface area contributed by atoms with Crippen LogP contribution >= 0.6 is 0 Å². The van der Waals surface area contributed by atoms with Crippen molar-refractivity contribution in [3.05, 3.63) is 18.7 Å². The quantitative estimate of drug-likeness (QED) is 0.752. The molecule has 2 heterocycles. The molecule has 0 aliphatic rings. The summed E-state index contributed by atoms with van der Waals surface area (Å²) in [4.78, 5) is 6.46. The smallest absolute Gasteiger partial charge is 0.203 e. The standard InChI is InChI=1S/C11H18N6/c1-16(2)7-4-3-5-12-10-11-15-14-9-17(11)8-6-13-10/h6,8-9H,3-5,7H2,1-2H3,(H,12,13). The maximum Gasteiger partial charge on any atom is 0.203 e. The van der Waals surface area contributed by atoms with Gasteiger partial charge in [0.2, 0.25) is 5.65 Å². The normalized spacial score (nSPS) is 11.2. The largest absolute Gasteiger partial charge is 0.367 e. The van der Waals surface area contributed by atoms with Gasteiger partial charge in [-0.1, -0.05) is 0 Å². The molecule has 0 spiro atoms. The van der Waals surface area contributed by atoms with E-state index in [0.29, 0.717) is 0 Å². The van der Waals surface area contributed by atoms with Crippen molar-refractivity contribution >= 4 is 11.5 Å². The Balaban J connectivity index is 1.84. The zero-order valence-electron chi connectivity index (χ0n) is 10.3. The first-order valence-corrected chi connectivity index (χ1v) is 5.80. The zero-order valence-corrected chi connectivity index (χ0v) is 10.3. The average Bonchev–Trinajstić information content (AvgIpc) is 2.77. The van der Waals surface area contributed by atoms with Gasteiger partial charge in [0, 0.05) is 18.9 Å². The lowest BCUT2D eigenvalue weighted by Crippen LogP contribution is -2.14. The highest BCUT2D eigenvalue weighted by Crippen LogP contribution is 2.09. The van der Waals surface area contributed by atoms with E-state index in [2.05, 4.69) is 39.5 Å². The van der Waals surface area contributed by atoms with Gasteiger partial charge in [-0.15, -0.1) is 10.2 Å². The number of hydrogen-bond donors (Lipinski definition) is 1. The third kappa shape index (κ3) is 3.13. The minimum absolute atomic E-state index is 0.778. The first-order valence-electron chi connectivity index (χ1n) is 5.80. The minimum atomic E-state index is 0.778. The average molecular weight is 234 g/mol. The van der Waals surface area contributed by atoms with Crippen LogP contribution in [0.15, 0.2) is 18.7 Å². The van der Waals surface area contributed by atoms with Gasteiger partial charge >= 0.3 is 0 Å². The molecule has 6 heteroatoms. The predicted octanol–water partition coefficient (Wildman–Crippen LogP) is 0.878. The fourth-order valence-electron chi connectivity index (χ4n) is 1.64. The molecule has 0 saturated heterocycles. The number of fused-ring (bicyclic) bond motifs is 1. The third-order valence-electron chi connectivity index (χ3n) is 2.54.